The van der Waals surface area contributed by atoms with Crippen molar-refractivity contribution in [1.82, 2.24) is 4.90 Å². The minimum absolute atomic E-state index is 0.404. The van der Waals surface area contributed by atoms with Gasteiger partial charge in [-0.2, -0.15) is 0 Å². The predicted octanol–water partition coefficient (Wildman–Crippen LogP) is 3.64. The largest absolute Gasteiger partial charge is 0.330 e. The molecule has 1 unspecified atom stereocenters. The maximum absolute atomic E-state index is 6.02. The van der Waals surface area contributed by atoms with E-state index in [2.05, 4.69) is 72.5 Å². The van der Waals surface area contributed by atoms with Gasteiger partial charge in [0.05, 0.1) is 0 Å². The maximum atomic E-state index is 6.02. The fraction of sp³-hybridized carbons (Fsp3) is 0.368. The molecular weight excluding hydrogens is 256 g/mol. The van der Waals surface area contributed by atoms with Gasteiger partial charge in [0.25, 0.3) is 0 Å². The van der Waals surface area contributed by atoms with Gasteiger partial charge in [-0.3, -0.25) is 4.90 Å². The van der Waals surface area contributed by atoms with Crippen LogP contribution in [-0.4, -0.2) is 24.5 Å². The Morgan fingerprint density at radius 3 is 2.14 bits per heavy atom. The quantitative estimate of drug-likeness (QED) is 0.801. The van der Waals surface area contributed by atoms with E-state index in [4.69, 9.17) is 5.73 Å². The minimum Gasteiger partial charge on any atom is -0.330 e. The molecule has 0 saturated heterocycles. The van der Waals surface area contributed by atoms with E-state index in [0.29, 0.717) is 12.5 Å². The standard InChI is InChI=1S/C19H26N2/c1-2-13-21(15-17-9-5-3-6-10-17)16-19(14-20)18-11-7-4-8-12-18/h3-12,19H,2,13-16,20H2,1H3. The van der Waals surface area contributed by atoms with Crippen molar-refractivity contribution in [1.29, 1.82) is 0 Å². The third kappa shape index (κ3) is 5.00. The minimum atomic E-state index is 0.404. The molecule has 2 nitrogen and oxygen atoms in total. The number of hydrogen-bond acceptors (Lipinski definition) is 2. The van der Waals surface area contributed by atoms with Gasteiger partial charge in [-0.05, 0) is 24.1 Å². The lowest BCUT2D eigenvalue weighted by molar-refractivity contribution is 0.249. The van der Waals surface area contributed by atoms with E-state index >= 15 is 0 Å². The van der Waals surface area contributed by atoms with Crippen LogP contribution < -0.4 is 5.73 Å². The van der Waals surface area contributed by atoms with Gasteiger partial charge in [-0.15, -0.1) is 0 Å². The number of hydrogen-bond donors (Lipinski definition) is 1. The van der Waals surface area contributed by atoms with E-state index in [-0.39, 0.29) is 0 Å². The second kappa shape index (κ2) is 8.60. The van der Waals surface area contributed by atoms with Gasteiger partial charge in [0.15, 0.2) is 0 Å². The van der Waals surface area contributed by atoms with Crippen molar-refractivity contribution in [3.63, 3.8) is 0 Å². The Morgan fingerprint density at radius 2 is 1.57 bits per heavy atom. The molecule has 0 aliphatic carbocycles. The Hall–Kier alpha value is -1.64. The van der Waals surface area contributed by atoms with Crippen LogP contribution in [0.1, 0.15) is 30.4 Å². The van der Waals surface area contributed by atoms with E-state index in [1.165, 1.54) is 17.5 Å². The first-order valence-electron chi connectivity index (χ1n) is 7.84. The summed E-state index contributed by atoms with van der Waals surface area (Å²) in [6.45, 7) is 6.05. The third-order valence-corrected chi connectivity index (χ3v) is 3.82. The van der Waals surface area contributed by atoms with Crippen molar-refractivity contribution in [2.45, 2.75) is 25.8 Å². The third-order valence-electron chi connectivity index (χ3n) is 3.82. The molecule has 0 amide bonds. The summed E-state index contributed by atoms with van der Waals surface area (Å²) in [6, 6.07) is 21.3. The second-order valence-corrected chi connectivity index (χ2v) is 5.56. The van der Waals surface area contributed by atoms with Crippen molar-refractivity contribution < 1.29 is 0 Å². The highest BCUT2D eigenvalue weighted by Crippen LogP contribution is 2.17. The summed E-state index contributed by atoms with van der Waals surface area (Å²) in [4.78, 5) is 2.51. The van der Waals surface area contributed by atoms with Crippen LogP contribution in [0.15, 0.2) is 60.7 Å². The lowest BCUT2D eigenvalue weighted by atomic mass is 9.98. The molecule has 0 spiro atoms. The zero-order valence-corrected chi connectivity index (χ0v) is 12.9. The maximum Gasteiger partial charge on any atom is 0.0233 e. The van der Waals surface area contributed by atoms with Gasteiger partial charge in [-0.1, -0.05) is 67.6 Å². The molecule has 21 heavy (non-hydrogen) atoms. The van der Waals surface area contributed by atoms with E-state index in [1.54, 1.807) is 0 Å². The van der Waals surface area contributed by atoms with Crippen LogP contribution in [0.25, 0.3) is 0 Å². The van der Waals surface area contributed by atoms with Crippen LogP contribution in [-0.2, 0) is 6.54 Å². The summed E-state index contributed by atoms with van der Waals surface area (Å²) in [5.41, 5.74) is 8.73. The highest BCUT2D eigenvalue weighted by atomic mass is 15.1. The highest BCUT2D eigenvalue weighted by Gasteiger charge is 2.14. The summed E-state index contributed by atoms with van der Waals surface area (Å²) >= 11 is 0. The Morgan fingerprint density at radius 1 is 0.952 bits per heavy atom. The molecule has 2 N–H and O–H groups in total. The van der Waals surface area contributed by atoms with Gasteiger partial charge in [0.1, 0.15) is 0 Å². The average molecular weight is 282 g/mol. The summed E-state index contributed by atoms with van der Waals surface area (Å²) < 4.78 is 0. The first-order valence-corrected chi connectivity index (χ1v) is 7.84. The molecule has 0 radical (unpaired) electrons. The molecule has 0 heterocycles. The van der Waals surface area contributed by atoms with Crippen LogP contribution in [0, 0.1) is 0 Å². The first kappa shape index (κ1) is 15.7. The normalized spacial score (nSPS) is 12.5. The van der Waals surface area contributed by atoms with E-state index in [1.807, 2.05) is 0 Å². The van der Waals surface area contributed by atoms with Crippen molar-refractivity contribution in [2.75, 3.05) is 19.6 Å². The van der Waals surface area contributed by atoms with Crippen LogP contribution in [0.5, 0.6) is 0 Å². The van der Waals surface area contributed by atoms with E-state index in [0.717, 1.165) is 19.6 Å². The van der Waals surface area contributed by atoms with Gasteiger partial charge in [-0.25, -0.2) is 0 Å². The molecule has 112 valence electrons. The van der Waals surface area contributed by atoms with Crippen LogP contribution in [0.4, 0.5) is 0 Å². The SMILES string of the molecule is CCCN(Cc1ccccc1)CC(CN)c1ccccc1. The molecule has 0 aliphatic heterocycles. The predicted molar refractivity (Wildman–Crippen MR) is 90.2 cm³/mol. The molecule has 2 aromatic rings. The molecule has 0 fully saturated rings. The van der Waals surface area contributed by atoms with Crippen molar-refractivity contribution in [2.24, 2.45) is 5.73 Å². The van der Waals surface area contributed by atoms with Crippen LogP contribution in [0.3, 0.4) is 0 Å². The average Bonchev–Trinajstić information content (AvgIpc) is 2.54. The number of nitrogens with zero attached hydrogens (tertiary/aromatic N) is 1. The summed E-state index contributed by atoms with van der Waals surface area (Å²) in [7, 11) is 0. The molecule has 2 heteroatoms. The molecule has 0 saturated carbocycles. The van der Waals surface area contributed by atoms with Crippen molar-refractivity contribution >= 4 is 0 Å². The van der Waals surface area contributed by atoms with Crippen molar-refractivity contribution in [3.8, 4) is 0 Å². The summed E-state index contributed by atoms with van der Waals surface area (Å²) in [5, 5.41) is 0. The fourth-order valence-corrected chi connectivity index (χ4v) is 2.75. The number of benzene rings is 2. The molecular formula is C19H26N2. The fourth-order valence-electron chi connectivity index (χ4n) is 2.75. The lowest BCUT2D eigenvalue weighted by Gasteiger charge is -2.27. The second-order valence-electron chi connectivity index (χ2n) is 5.56. The van der Waals surface area contributed by atoms with Gasteiger partial charge in [0, 0.05) is 25.6 Å². The molecule has 0 aromatic heterocycles. The summed E-state index contributed by atoms with van der Waals surface area (Å²) in [5.74, 6) is 0.404. The van der Waals surface area contributed by atoms with Gasteiger partial charge >= 0.3 is 0 Å². The Labute approximate surface area is 128 Å². The van der Waals surface area contributed by atoms with E-state index < -0.39 is 0 Å². The van der Waals surface area contributed by atoms with Crippen LogP contribution >= 0.6 is 0 Å². The summed E-state index contributed by atoms with van der Waals surface area (Å²) in [6.07, 6.45) is 1.17. The van der Waals surface area contributed by atoms with Gasteiger partial charge in [0.2, 0.25) is 0 Å². The van der Waals surface area contributed by atoms with Gasteiger partial charge < -0.3 is 5.73 Å². The van der Waals surface area contributed by atoms with Crippen LogP contribution in [0.2, 0.25) is 0 Å². The lowest BCUT2D eigenvalue weighted by Crippen LogP contribution is -2.32. The zero-order chi connectivity index (χ0) is 14.9. The molecule has 0 aliphatic rings. The molecule has 1 atom stereocenters. The Kier molecular flexibility index (Phi) is 6.45. The van der Waals surface area contributed by atoms with Crippen molar-refractivity contribution in [3.05, 3.63) is 71.8 Å². The molecule has 2 rings (SSSR count). The smallest absolute Gasteiger partial charge is 0.0233 e. The molecule has 2 aromatic carbocycles. The highest BCUT2D eigenvalue weighted by molar-refractivity contribution is 5.20. The van der Waals surface area contributed by atoms with E-state index in [9.17, 15) is 0 Å². The topological polar surface area (TPSA) is 29.3 Å². The molecule has 0 bridgehead atoms. The number of nitrogens with two attached hydrogens (primary N) is 1. The zero-order valence-electron chi connectivity index (χ0n) is 12.9. The monoisotopic (exact) mass is 282 g/mol. The Bertz CT molecular complexity index is 495. The Balaban J connectivity index is 2.04. The first-order chi connectivity index (χ1) is 10.3. The number of rotatable bonds is 8.